The van der Waals surface area contributed by atoms with Crippen molar-refractivity contribution in [3.8, 4) is 5.75 Å². The summed E-state index contributed by atoms with van der Waals surface area (Å²) in [5, 5.41) is 0. The van der Waals surface area contributed by atoms with E-state index in [1.54, 1.807) is 23.4 Å². The van der Waals surface area contributed by atoms with Gasteiger partial charge in [-0.15, -0.1) is 0 Å². The first-order valence-corrected chi connectivity index (χ1v) is 6.21. The van der Waals surface area contributed by atoms with Crippen LogP contribution in [-0.2, 0) is 0 Å². The molecular formula is C14H14N2O3. The van der Waals surface area contributed by atoms with Crippen molar-refractivity contribution >= 4 is 5.91 Å². The smallest absolute Gasteiger partial charge is 0.257 e. The van der Waals surface area contributed by atoms with Crippen LogP contribution in [-0.4, -0.2) is 35.0 Å². The average molecular weight is 258 g/mol. The van der Waals surface area contributed by atoms with Crippen LogP contribution in [0.2, 0.25) is 0 Å². The van der Waals surface area contributed by atoms with Crippen molar-refractivity contribution in [3.63, 3.8) is 0 Å². The van der Waals surface area contributed by atoms with E-state index in [9.17, 15) is 4.79 Å². The number of amides is 1. The van der Waals surface area contributed by atoms with Crippen LogP contribution in [0.15, 0.2) is 47.5 Å². The lowest BCUT2D eigenvalue weighted by Crippen LogP contribution is -2.30. The van der Waals surface area contributed by atoms with E-state index in [0.29, 0.717) is 18.7 Å². The van der Waals surface area contributed by atoms with E-state index in [-0.39, 0.29) is 12.0 Å². The molecular weight excluding hydrogens is 244 g/mol. The molecule has 19 heavy (non-hydrogen) atoms. The van der Waals surface area contributed by atoms with Gasteiger partial charge in [0.05, 0.1) is 18.4 Å². The van der Waals surface area contributed by atoms with Crippen molar-refractivity contribution in [1.82, 2.24) is 9.88 Å². The molecule has 0 aliphatic carbocycles. The summed E-state index contributed by atoms with van der Waals surface area (Å²) in [6.45, 7) is 1.31. The Morgan fingerprint density at radius 2 is 2.21 bits per heavy atom. The Kier molecular flexibility index (Phi) is 3.18. The minimum Gasteiger partial charge on any atom is -0.488 e. The molecule has 0 aromatic carbocycles. The molecule has 3 rings (SSSR count). The molecule has 1 aliphatic rings. The lowest BCUT2D eigenvalue weighted by Gasteiger charge is -2.16. The summed E-state index contributed by atoms with van der Waals surface area (Å²) in [7, 11) is 0. The fraction of sp³-hybridized carbons (Fsp3) is 0.286. The van der Waals surface area contributed by atoms with Gasteiger partial charge in [-0.25, -0.2) is 0 Å². The van der Waals surface area contributed by atoms with Gasteiger partial charge >= 0.3 is 0 Å². The summed E-state index contributed by atoms with van der Waals surface area (Å²) in [6, 6.07) is 5.32. The zero-order valence-electron chi connectivity index (χ0n) is 10.4. The molecule has 1 saturated heterocycles. The standard InChI is InChI=1S/C14H14N2O3/c17-14(11-4-8-18-10-11)16-7-3-13(9-16)19-12-1-5-15-6-2-12/h1-2,4-6,8,10,13H,3,7,9H2/t13-/m1/s1. The highest BCUT2D eigenvalue weighted by Gasteiger charge is 2.28. The largest absolute Gasteiger partial charge is 0.488 e. The predicted octanol–water partition coefficient (Wildman–Crippen LogP) is 1.97. The van der Waals surface area contributed by atoms with Gasteiger partial charge in [0.25, 0.3) is 5.91 Å². The third-order valence-electron chi connectivity index (χ3n) is 3.15. The number of pyridine rings is 1. The summed E-state index contributed by atoms with van der Waals surface area (Å²) in [5.41, 5.74) is 0.588. The summed E-state index contributed by atoms with van der Waals surface area (Å²) < 4.78 is 10.7. The van der Waals surface area contributed by atoms with Crippen LogP contribution in [0.1, 0.15) is 16.8 Å². The van der Waals surface area contributed by atoms with Gasteiger partial charge in [0.2, 0.25) is 0 Å². The molecule has 1 aliphatic heterocycles. The zero-order chi connectivity index (χ0) is 13.1. The third-order valence-corrected chi connectivity index (χ3v) is 3.15. The number of aromatic nitrogens is 1. The number of ether oxygens (including phenoxy) is 1. The molecule has 0 radical (unpaired) electrons. The number of carbonyl (C=O) groups excluding carboxylic acids is 1. The monoisotopic (exact) mass is 258 g/mol. The van der Waals surface area contributed by atoms with E-state index in [2.05, 4.69) is 4.98 Å². The van der Waals surface area contributed by atoms with E-state index < -0.39 is 0 Å². The lowest BCUT2D eigenvalue weighted by molar-refractivity contribution is 0.0771. The fourth-order valence-corrected chi connectivity index (χ4v) is 2.19. The molecule has 2 aromatic rings. The molecule has 0 spiro atoms. The summed E-state index contributed by atoms with van der Waals surface area (Å²) in [5.74, 6) is 0.784. The lowest BCUT2D eigenvalue weighted by atomic mass is 10.3. The van der Waals surface area contributed by atoms with E-state index in [4.69, 9.17) is 9.15 Å². The number of hydrogen-bond donors (Lipinski definition) is 0. The molecule has 1 atom stereocenters. The highest BCUT2D eigenvalue weighted by molar-refractivity contribution is 5.94. The van der Waals surface area contributed by atoms with Crippen molar-refractivity contribution in [2.75, 3.05) is 13.1 Å². The van der Waals surface area contributed by atoms with Crippen LogP contribution in [0.4, 0.5) is 0 Å². The maximum Gasteiger partial charge on any atom is 0.257 e. The van der Waals surface area contributed by atoms with E-state index in [0.717, 1.165) is 12.2 Å². The SMILES string of the molecule is O=C(c1ccoc1)N1CC[C@@H](Oc2ccncc2)C1. The second-order valence-corrected chi connectivity index (χ2v) is 4.47. The zero-order valence-corrected chi connectivity index (χ0v) is 10.4. The molecule has 3 heterocycles. The van der Waals surface area contributed by atoms with Gasteiger partial charge in [0.1, 0.15) is 18.1 Å². The van der Waals surface area contributed by atoms with Gasteiger partial charge in [0.15, 0.2) is 0 Å². The molecule has 5 nitrogen and oxygen atoms in total. The molecule has 1 amide bonds. The van der Waals surface area contributed by atoms with Crippen LogP contribution in [0.3, 0.4) is 0 Å². The predicted molar refractivity (Wildman–Crippen MR) is 67.9 cm³/mol. The van der Waals surface area contributed by atoms with Crippen molar-refractivity contribution < 1.29 is 13.9 Å². The van der Waals surface area contributed by atoms with E-state index >= 15 is 0 Å². The second kappa shape index (κ2) is 5.14. The van der Waals surface area contributed by atoms with E-state index in [1.165, 1.54) is 12.5 Å². The van der Waals surface area contributed by atoms with Crippen LogP contribution in [0, 0.1) is 0 Å². The number of furan rings is 1. The summed E-state index contributed by atoms with van der Waals surface area (Å²) >= 11 is 0. The highest BCUT2D eigenvalue weighted by atomic mass is 16.5. The molecule has 2 aromatic heterocycles. The van der Waals surface area contributed by atoms with Crippen LogP contribution < -0.4 is 4.74 Å². The van der Waals surface area contributed by atoms with Gasteiger partial charge in [-0.2, -0.15) is 0 Å². The summed E-state index contributed by atoms with van der Waals surface area (Å²) in [4.78, 5) is 17.8. The van der Waals surface area contributed by atoms with Crippen molar-refractivity contribution in [2.24, 2.45) is 0 Å². The van der Waals surface area contributed by atoms with Crippen LogP contribution in [0.25, 0.3) is 0 Å². The first-order chi connectivity index (χ1) is 9.33. The number of nitrogens with zero attached hydrogens (tertiary/aromatic N) is 2. The fourth-order valence-electron chi connectivity index (χ4n) is 2.19. The minimum atomic E-state index is -0.00502. The average Bonchev–Trinajstić information content (AvgIpc) is 3.10. The Labute approximate surface area is 110 Å². The molecule has 0 saturated carbocycles. The Hall–Kier alpha value is -2.30. The highest BCUT2D eigenvalue weighted by Crippen LogP contribution is 2.19. The Balaban J connectivity index is 1.60. The number of hydrogen-bond acceptors (Lipinski definition) is 4. The van der Waals surface area contributed by atoms with Crippen LogP contribution in [0.5, 0.6) is 5.75 Å². The topological polar surface area (TPSA) is 55.6 Å². The number of rotatable bonds is 3. The maximum atomic E-state index is 12.1. The molecule has 0 bridgehead atoms. The first kappa shape index (κ1) is 11.8. The maximum absolute atomic E-state index is 12.1. The number of likely N-dealkylation sites (tertiary alicyclic amines) is 1. The molecule has 0 unspecified atom stereocenters. The van der Waals surface area contributed by atoms with E-state index in [1.807, 2.05) is 12.1 Å². The van der Waals surface area contributed by atoms with Crippen molar-refractivity contribution in [3.05, 3.63) is 48.7 Å². The van der Waals surface area contributed by atoms with Crippen molar-refractivity contribution in [2.45, 2.75) is 12.5 Å². The Morgan fingerprint density at radius 3 is 2.95 bits per heavy atom. The third kappa shape index (κ3) is 2.59. The second-order valence-electron chi connectivity index (χ2n) is 4.47. The quantitative estimate of drug-likeness (QED) is 0.844. The van der Waals surface area contributed by atoms with Crippen LogP contribution >= 0.6 is 0 Å². The Bertz CT molecular complexity index is 539. The van der Waals surface area contributed by atoms with Gasteiger partial charge in [-0.1, -0.05) is 0 Å². The number of carbonyl (C=O) groups is 1. The normalized spacial score (nSPS) is 18.5. The van der Waals surface area contributed by atoms with Gasteiger partial charge in [-0.3, -0.25) is 9.78 Å². The molecule has 98 valence electrons. The molecule has 5 heteroatoms. The van der Waals surface area contributed by atoms with Gasteiger partial charge < -0.3 is 14.1 Å². The minimum absolute atomic E-state index is 0.00502. The van der Waals surface area contributed by atoms with Gasteiger partial charge in [0, 0.05) is 25.4 Å². The molecule has 1 fully saturated rings. The van der Waals surface area contributed by atoms with Crippen molar-refractivity contribution in [1.29, 1.82) is 0 Å². The summed E-state index contributed by atoms with van der Waals surface area (Å²) in [6.07, 6.45) is 7.25. The Morgan fingerprint density at radius 1 is 1.37 bits per heavy atom. The first-order valence-electron chi connectivity index (χ1n) is 6.21. The molecule has 0 N–H and O–H groups in total. The van der Waals surface area contributed by atoms with Gasteiger partial charge in [-0.05, 0) is 18.2 Å².